The number of halogens is 1. The first-order valence-corrected chi connectivity index (χ1v) is 6.92. The molecule has 0 fully saturated rings. The summed E-state index contributed by atoms with van der Waals surface area (Å²) >= 11 is 1.49. The van der Waals surface area contributed by atoms with Crippen LogP contribution in [0.3, 0.4) is 0 Å². The highest BCUT2D eigenvalue weighted by atomic mass is 32.2. The summed E-state index contributed by atoms with van der Waals surface area (Å²) in [7, 11) is 0. The number of hydrogen-bond donors (Lipinski definition) is 1. The molecule has 0 atom stereocenters. The molecule has 0 radical (unpaired) electrons. The van der Waals surface area contributed by atoms with Gasteiger partial charge in [-0.3, -0.25) is 4.98 Å². The molecule has 0 aliphatic carbocycles. The summed E-state index contributed by atoms with van der Waals surface area (Å²) in [6, 6.07) is 5.18. The van der Waals surface area contributed by atoms with Crippen LogP contribution in [0.1, 0.15) is 19.4 Å². The fraction of sp³-hybridized carbons (Fsp3) is 0.286. The van der Waals surface area contributed by atoms with Gasteiger partial charge in [-0.15, -0.1) is 0 Å². The van der Waals surface area contributed by atoms with E-state index in [1.807, 2.05) is 0 Å². The SMILES string of the molecule is CC(C)NCc1cc(F)ccc1Sc1cnccn1. The van der Waals surface area contributed by atoms with Crippen LogP contribution in [0, 0.1) is 5.82 Å². The van der Waals surface area contributed by atoms with Crippen LogP contribution in [0.15, 0.2) is 46.7 Å². The molecular weight excluding hydrogens is 261 g/mol. The van der Waals surface area contributed by atoms with Gasteiger partial charge in [-0.1, -0.05) is 25.6 Å². The molecular formula is C14H16FN3S. The summed E-state index contributed by atoms with van der Waals surface area (Å²) in [5.41, 5.74) is 0.935. The number of nitrogens with zero attached hydrogens (tertiary/aromatic N) is 2. The molecule has 0 saturated heterocycles. The molecule has 0 amide bonds. The Morgan fingerprint density at radius 2 is 2.16 bits per heavy atom. The van der Waals surface area contributed by atoms with Crippen molar-refractivity contribution >= 4 is 11.8 Å². The van der Waals surface area contributed by atoms with Crippen molar-refractivity contribution in [1.82, 2.24) is 15.3 Å². The third-order valence-corrected chi connectivity index (χ3v) is 3.52. The van der Waals surface area contributed by atoms with E-state index in [1.165, 1.54) is 17.8 Å². The average Bonchev–Trinajstić information content (AvgIpc) is 2.40. The third kappa shape index (κ3) is 4.29. The molecule has 0 aliphatic heterocycles. The average molecular weight is 277 g/mol. The van der Waals surface area contributed by atoms with Crippen LogP contribution in [0.25, 0.3) is 0 Å². The Morgan fingerprint density at radius 3 is 2.84 bits per heavy atom. The highest BCUT2D eigenvalue weighted by Crippen LogP contribution is 2.29. The van der Waals surface area contributed by atoms with Crippen LogP contribution in [0.4, 0.5) is 4.39 Å². The Morgan fingerprint density at radius 1 is 1.32 bits per heavy atom. The lowest BCUT2D eigenvalue weighted by Gasteiger charge is -2.12. The molecule has 19 heavy (non-hydrogen) atoms. The van der Waals surface area contributed by atoms with Gasteiger partial charge in [-0.05, 0) is 23.8 Å². The van der Waals surface area contributed by atoms with Crippen molar-refractivity contribution in [2.75, 3.05) is 0 Å². The second kappa shape index (κ2) is 6.63. The molecule has 0 bridgehead atoms. The zero-order valence-electron chi connectivity index (χ0n) is 10.9. The van der Waals surface area contributed by atoms with E-state index in [0.29, 0.717) is 12.6 Å². The minimum Gasteiger partial charge on any atom is -0.310 e. The first kappa shape index (κ1) is 14.0. The first-order chi connectivity index (χ1) is 9.15. The lowest BCUT2D eigenvalue weighted by Crippen LogP contribution is -2.22. The molecule has 0 unspecified atom stereocenters. The Labute approximate surface area is 116 Å². The zero-order chi connectivity index (χ0) is 13.7. The Bertz CT molecular complexity index is 531. The van der Waals surface area contributed by atoms with E-state index in [4.69, 9.17) is 0 Å². The molecule has 1 aromatic heterocycles. The van der Waals surface area contributed by atoms with E-state index in [-0.39, 0.29) is 5.82 Å². The summed E-state index contributed by atoms with van der Waals surface area (Å²) in [5.74, 6) is -0.218. The standard InChI is InChI=1S/C14H16FN3S/c1-10(2)18-8-11-7-12(15)3-4-13(11)19-14-9-16-5-6-17-14/h3-7,9-10,18H,8H2,1-2H3. The lowest BCUT2D eigenvalue weighted by molar-refractivity contribution is 0.576. The normalized spacial score (nSPS) is 10.9. The smallest absolute Gasteiger partial charge is 0.123 e. The Hall–Kier alpha value is -1.46. The molecule has 2 rings (SSSR count). The summed E-state index contributed by atoms with van der Waals surface area (Å²) < 4.78 is 13.3. The van der Waals surface area contributed by atoms with Gasteiger partial charge in [0.05, 0.1) is 6.20 Å². The van der Waals surface area contributed by atoms with Crippen molar-refractivity contribution in [3.05, 3.63) is 48.2 Å². The number of aromatic nitrogens is 2. The maximum absolute atomic E-state index is 13.3. The van der Waals surface area contributed by atoms with Gasteiger partial charge in [-0.2, -0.15) is 0 Å². The minimum absolute atomic E-state index is 0.218. The second-order valence-corrected chi connectivity index (χ2v) is 5.50. The molecule has 2 aromatic rings. The van der Waals surface area contributed by atoms with Crippen LogP contribution >= 0.6 is 11.8 Å². The molecule has 0 spiro atoms. The summed E-state index contributed by atoms with van der Waals surface area (Å²) in [4.78, 5) is 9.24. The number of rotatable bonds is 5. The molecule has 1 heterocycles. The van der Waals surface area contributed by atoms with Gasteiger partial charge in [-0.25, -0.2) is 9.37 Å². The Kier molecular flexibility index (Phi) is 4.87. The van der Waals surface area contributed by atoms with Gasteiger partial charge < -0.3 is 5.32 Å². The van der Waals surface area contributed by atoms with Crippen molar-refractivity contribution < 1.29 is 4.39 Å². The van der Waals surface area contributed by atoms with Crippen LogP contribution in [0.5, 0.6) is 0 Å². The van der Waals surface area contributed by atoms with E-state index in [2.05, 4.69) is 29.1 Å². The summed E-state index contributed by atoms with van der Waals surface area (Å²) in [5, 5.41) is 4.10. The van der Waals surface area contributed by atoms with Crippen molar-refractivity contribution in [3.8, 4) is 0 Å². The molecule has 0 aliphatic rings. The second-order valence-electron chi connectivity index (χ2n) is 4.43. The van der Waals surface area contributed by atoms with Gasteiger partial charge in [0.1, 0.15) is 10.8 Å². The summed E-state index contributed by atoms with van der Waals surface area (Å²) in [6.07, 6.45) is 4.99. The molecule has 1 aromatic carbocycles. The first-order valence-electron chi connectivity index (χ1n) is 6.11. The van der Waals surface area contributed by atoms with E-state index in [1.54, 1.807) is 30.7 Å². The summed E-state index contributed by atoms with van der Waals surface area (Å²) in [6.45, 7) is 4.77. The van der Waals surface area contributed by atoms with Crippen molar-refractivity contribution in [2.24, 2.45) is 0 Å². The monoisotopic (exact) mass is 277 g/mol. The van der Waals surface area contributed by atoms with Crippen molar-refractivity contribution in [2.45, 2.75) is 36.4 Å². The van der Waals surface area contributed by atoms with Gasteiger partial charge >= 0.3 is 0 Å². The van der Waals surface area contributed by atoms with Crippen molar-refractivity contribution in [3.63, 3.8) is 0 Å². The maximum atomic E-state index is 13.3. The number of hydrogen-bond acceptors (Lipinski definition) is 4. The van der Waals surface area contributed by atoms with Gasteiger partial charge in [0.15, 0.2) is 0 Å². The fourth-order valence-corrected chi connectivity index (χ4v) is 2.40. The fourth-order valence-electron chi connectivity index (χ4n) is 1.55. The highest BCUT2D eigenvalue weighted by molar-refractivity contribution is 7.99. The van der Waals surface area contributed by atoms with Crippen LogP contribution in [0.2, 0.25) is 0 Å². The Balaban J connectivity index is 2.19. The maximum Gasteiger partial charge on any atom is 0.123 e. The molecule has 3 nitrogen and oxygen atoms in total. The van der Waals surface area contributed by atoms with Gasteiger partial charge in [0, 0.05) is 29.9 Å². The third-order valence-electron chi connectivity index (χ3n) is 2.48. The van der Waals surface area contributed by atoms with Crippen LogP contribution < -0.4 is 5.32 Å². The minimum atomic E-state index is -0.218. The van der Waals surface area contributed by atoms with E-state index < -0.39 is 0 Å². The van der Waals surface area contributed by atoms with Gasteiger partial charge in [0.25, 0.3) is 0 Å². The predicted octanol–water partition coefficient (Wildman–Crippen LogP) is 3.26. The molecule has 0 saturated carbocycles. The highest BCUT2D eigenvalue weighted by Gasteiger charge is 2.07. The van der Waals surface area contributed by atoms with Crippen LogP contribution in [-0.4, -0.2) is 16.0 Å². The van der Waals surface area contributed by atoms with Crippen molar-refractivity contribution in [1.29, 1.82) is 0 Å². The van der Waals surface area contributed by atoms with Crippen LogP contribution in [-0.2, 0) is 6.54 Å². The van der Waals surface area contributed by atoms with E-state index in [0.717, 1.165) is 15.5 Å². The number of benzene rings is 1. The molecule has 100 valence electrons. The number of nitrogens with one attached hydrogen (secondary N) is 1. The lowest BCUT2D eigenvalue weighted by atomic mass is 10.2. The van der Waals surface area contributed by atoms with E-state index >= 15 is 0 Å². The molecule has 1 N–H and O–H groups in total. The van der Waals surface area contributed by atoms with E-state index in [9.17, 15) is 4.39 Å². The largest absolute Gasteiger partial charge is 0.310 e. The van der Waals surface area contributed by atoms with Gasteiger partial charge in [0.2, 0.25) is 0 Å². The predicted molar refractivity (Wildman–Crippen MR) is 74.5 cm³/mol. The quantitative estimate of drug-likeness (QED) is 0.910. The topological polar surface area (TPSA) is 37.8 Å². The molecule has 5 heteroatoms. The zero-order valence-corrected chi connectivity index (χ0v) is 11.7.